The number of hydrogen-bond acceptors (Lipinski definition) is 2. The molecule has 1 aromatic carbocycles. The van der Waals surface area contributed by atoms with E-state index in [1.807, 2.05) is 0 Å². The maximum Gasteiger partial charge on any atom is 0.423 e. The lowest BCUT2D eigenvalue weighted by Crippen LogP contribution is -2.10. The van der Waals surface area contributed by atoms with Crippen molar-refractivity contribution in [3.05, 3.63) is 21.3 Å². The van der Waals surface area contributed by atoms with Crippen molar-refractivity contribution < 1.29 is 22.6 Å². The second kappa shape index (κ2) is 4.46. The van der Waals surface area contributed by atoms with Crippen LogP contribution in [0.5, 0.6) is 11.5 Å². The Labute approximate surface area is 98.5 Å². The third kappa shape index (κ3) is 2.47. The molecule has 0 saturated carbocycles. The quantitative estimate of drug-likeness (QED) is 0.776. The van der Waals surface area contributed by atoms with Gasteiger partial charge in [0, 0.05) is 6.07 Å². The molecule has 0 heterocycles. The van der Waals surface area contributed by atoms with Gasteiger partial charge in [-0.1, -0.05) is 0 Å². The second-order valence-electron chi connectivity index (χ2n) is 2.58. The number of hydrogen-bond donors (Lipinski definition) is 0. The molecule has 6 heteroatoms. The normalized spacial score (nSPS) is 11.3. The number of ether oxygens (including phenoxy) is 2. The molecule has 0 aromatic heterocycles. The zero-order valence-electron chi connectivity index (χ0n) is 7.91. The van der Waals surface area contributed by atoms with Gasteiger partial charge >= 0.3 is 6.18 Å². The molecule has 0 N–H and O–H groups in total. The number of rotatable bonds is 2. The van der Waals surface area contributed by atoms with E-state index in [4.69, 9.17) is 4.74 Å². The zero-order valence-corrected chi connectivity index (χ0v) is 10.1. The Morgan fingerprint density at radius 2 is 1.87 bits per heavy atom. The molecule has 0 bridgehead atoms. The average Bonchev–Trinajstić information content (AvgIpc) is 2.15. The Morgan fingerprint density at radius 3 is 2.27 bits per heavy atom. The van der Waals surface area contributed by atoms with Crippen LogP contribution in [0.2, 0.25) is 0 Å². The third-order valence-corrected chi connectivity index (χ3v) is 2.51. The molecule has 1 aromatic rings. The lowest BCUT2D eigenvalue weighted by molar-refractivity contribution is -0.140. The Bertz CT molecular complexity index is 363. The zero-order chi connectivity index (χ0) is 11.6. The van der Waals surface area contributed by atoms with Crippen LogP contribution in [0.1, 0.15) is 5.56 Å². The highest BCUT2D eigenvalue weighted by Gasteiger charge is 2.39. The Balaban J connectivity index is 3.48. The Kier molecular flexibility index (Phi) is 3.69. The summed E-state index contributed by atoms with van der Waals surface area (Å²) >= 11 is 1.72. The van der Waals surface area contributed by atoms with E-state index in [2.05, 4.69) is 10.8 Å². The average molecular weight is 331 g/mol. The van der Waals surface area contributed by atoms with Gasteiger partial charge in [-0.05, 0) is 28.7 Å². The van der Waals surface area contributed by atoms with Crippen molar-refractivity contribution in [3.8, 4) is 11.5 Å². The molecule has 0 fully saturated rings. The molecular formula is C9H7F3IO2. The summed E-state index contributed by atoms with van der Waals surface area (Å²) in [5.41, 5.74) is -0.907. The highest BCUT2D eigenvalue weighted by atomic mass is 127. The van der Waals surface area contributed by atoms with Crippen LogP contribution < -0.4 is 9.47 Å². The molecule has 0 atom stereocenters. The fraction of sp³-hybridized carbons (Fsp3) is 0.333. The molecule has 1 rings (SSSR count). The first-order valence-corrected chi connectivity index (χ1v) is 4.89. The van der Waals surface area contributed by atoms with Crippen molar-refractivity contribution in [1.82, 2.24) is 0 Å². The molecule has 0 aliphatic heterocycles. The van der Waals surface area contributed by atoms with Crippen molar-refractivity contribution in [1.29, 1.82) is 0 Å². The third-order valence-electron chi connectivity index (χ3n) is 1.71. The van der Waals surface area contributed by atoms with Gasteiger partial charge in [0.1, 0.15) is 17.1 Å². The molecule has 0 aliphatic rings. The van der Waals surface area contributed by atoms with Gasteiger partial charge in [-0.2, -0.15) is 13.2 Å². The van der Waals surface area contributed by atoms with Crippen LogP contribution in [0, 0.1) is 9.64 Å². The monoisotopic (exact) mass is 331 g/mol. The van der Waals surface area contributed by atoms with Gasteiger partial charge in [0.2, 0.25) is 0 Å². The predicted octanol–water partition coefficient (Wildman–Crippen LogP) is 3.13. The van der Waals surface area contributed by atoms with Crippen LogP contribution >= 0.6 is 22.6 Å². The van der Waals surface area contributed by atoms with E-state index in [-0.39, 0.29) is 15.1 Å². The van der Waals surface area contributed by atoms with Crippen molar-refractivity contribution in [2.75, 3.05) is 14.2 Å². The first kappa shape index (κ1) is 12.4. The van der Waals surface area contributed by atoms with Gasteiger partial charge in [0.05, 0.1) is 17.8 Å². The summed E-state index contributed by atoms with van der Waals surface area (Å²) < 4.78 is 47.7. The van der Waals surface area contributed by atoms with Crippen LogP contribution in [0.15, 0.2) is 6.07 Å². The lowest BCUT2D eigenvalue weighted by Gasteiger charge is -2.16. The van der Waals surface area contributed by atoms with E-state index < -0.39 is 11.7 Å². The lowest BCUT2D eigenvalue weighted by atomic mass is 10.1. The Hall–Kier alpha value is -0.660. The van der Waals surface area contributed by atoms with E-state index in [1.54, 1.807) is 22.6 Å². The standard InChI is InChI=1S/C9H7F3IO2/c1-14-6-4-3-5(13)8(15-2)7(6)9(10,11)12/h4H,1-2H3. The molecule has 1 radical (unpaired) electrons. The molecule has 15 heavy (non-hydrogen) atoms. The summed E-state index contributed by atoms with van der Waals surface area (Å²) in [7, 11) is 2.35. The highest BCUT2D eigenvalue weighted by molar-refractivity contribution is 14.1. The van der Waals surface area contributed by atoms with E-state index >= 15 is 0 Å². The number of alkyl halides is 3. The first-order valence-electron chi connectivity index (χ1n) is 3.81. The molecule has 0 aliphatic carbocycles. The summed E-state index contributed by atoms with van der Waals surface area (Å²) in [4.78, 5) is 0. The van der Waals surface area contributed by atoms with E-state index in [9.17, 15) is 13.2 Å². The smallest absolute Gasteiger partial charge is 0.423 e. The van der Waals surface area contributed by atoms with E-state index in [0.29, 0.717) is 0 Å². The highest BCUT2D eigenvalue weighted by Crippen LogP contribution is 2.44. The van der Waals surface area contributed by atoms with Gasteiger partial charge in [0.15, 0.2) is 0 Å². The summed E-state index contributed by atoms with van der Waals surface area (Å²) in [6.07, 6.45) is -4.51. The summed E-state index contributed by atoms with van der Waals surface area (Å²) in [6, 6.07) is 3.77. The van der Waals surface area contributed by atoms with Crippen molar-refractivity contribution in [3.63, 3.8) is 0 Å². The van der Waals surface area contributed by atoms with Gasteiger partial charge in [-0.3, -0.25) is 0 Å². The molecule has 2 nitrogen and oxygen atoms in total. The minimum atomic E-state index is -4.51. The largest absolute Gasteiger partial charge is 0.496 e. The maximum absolute atomic E-state index is 12.7. The van der Waals surface area contributed by atoms with Gasteiger partial charge in [0.25, 0.3) is 0 Å². The fourth-order valence-corrected chi connectivity index (χ4v) is 1.75. The van der Waals surface area contributed by atoms with Gasteiger partial charge < -0.3 is 9.47 Å². The molecule has 83 valence electrons. The molecular weight excluding hydrogens is 324 g/mol. The predicted molar refractivity (Wildman–Crippen MR) is 56.1 cm³/mol. The van der Waals surface area contributed by atoms with Crippen LogP contribution in [0.4, 0.5) is 13.2 Å². The van der Waals surface area contributed by atoms with Crippen molar-refractivity contribution >= 4 is 22.6 Å². The van der Waals surface area contributed by atoms with E-state index in [0.717, 1.165) is 6.07 Å². The number of benzene rings is 1. The SMILES string of the molecule is COc1c[c]c(I)c(OC)c1C(F)(F)F. The molecule has 0 saturated heterocycles. The van der Waals surface area contributed by atoms with Crippen LogP contribution in [-0.2, 0) is 6.18 Å². The van der Waals surface area contributed by atoms with E-state index in [1.165, 1.54) is 14.2 Å². The maximum atomic E-state index is 12.7. The van der Waals surface area contributed by atoms with Crippen molar-refractivity contribution in [2.45, 2.75) is 6.18 Å². The second-order valence-corrected chi connectivity index (χ2v) is 3.66. The molecule has 0 amide bonds. The molecule has 0 spiro atoms. The minimum Gasteiger partial charge on any atom is -0.496 e. The van der Waals surface area contributed by atoms with Crippen LogP contribution in [-0.4, -0.2) is 14.2 Å². The first-order chi connectivity index (χ1) is 6.91. The van der Waals surface area contributed by atoms with Gasteiger partial charge in [-0.25, -0.2) is 0 Å². The Morgan fingerprint density at radius 1 is 1.27 bits per heavy atom. The summed E-state index contributed by atoms with van der Waals surface area (Å²) in [6.45, 7) is 0. The fourth-order valence-electron chi connectivity index (χ4n) is 1.11. The molecule has 0 unspecified atom stereocenters. The van der Waals surface area contributed by atoms with Gasteiger partial charge in [-0.15, -0.1) is 0 Å². The topological polar surface area (TPSA) is 18.5 Å². The summed E-state index contributed by atoms with van der Waals surface area (Å²) in [5, 5.41) is 0. The van der Waals surface area contributed by atoms with Crippen LogP contribution in [0.3, 0.4) is 0 Å². The minimum absolute atomic E-state index is 0.262. The summed E-state index contributed by atoms with van der Waals surface area (Å²) in [5.74, 6) is -0.554. The van der Waals surface area contributed by atoms with Crippen LogP contribution in [0.25, 0.3) is 0 Å². The van der Waals surface area contributed by atoms with Crippen molar-refractivity contribution in [2.24, 2.45) is 0 Å². The number of methoxy groups -OCH3 is 2. The number of halogens is 4.